The fraction of sp³-hybridized carbons (Fsp3) is 0.278. The number of halogens is 8. The van der Waals surface area contributed by atoms with E-state index in [-0.39, 0.29) is 35.2 Å². The van der Waals surface area contributed by atoms with E-state index in [1.807, 2.05) is 33.4 Å². The number of alkyl halides is 4. The van der Waals surface area contributed by atoms with Gasteiger partial charge in [0.05, 0.1) is 43.1 Å². The second kappa shape index (κ2) is 11.8. The van der Waals surface area contributed by atoms with Crippen LogP contribution in [0.25, 0.3) is 22.1 Å². The largest absolute Gasteiger partial charge is 0.434 e. The molecule has 2 aliphatic heterocycles. The number of nitrogens with zero attached hydrogens (tertiary/aromatic N) is 4. The quantitative estimate of drug-likeness (QED) is 0.157. The van der Waals surface area contributed by atoms with Gasteiger partial charge in [-0.25, -0.2) is 18.7 Å². The van der Waals surface area contributed by atoms with Crippen LogP contribution in [0, 0.1) is 23.5 Å². The highest BCUT2D eigenvalue weighted by molar-refractivity contribution is 9.10. The number of fused-ring (bicyclic) bond motifs is 10. The van der Waals surface area contributed by atoms with Crippen molar-refractivity contribution in [3.63, 3.8) is 0 Å². The number of benzene rings is 4. The minimum Gasteiger partial charge on any atom is -0.434 e. The van der Waals surface area contributed by atoms with Crippen molar-refractivity contribution >= 4 is 53.9 Å². The van der Waals surface area contributed by atoms with Gasteiger partial charge in [0, 0.05) is 35.1 Å². The summed E-state index contributed by atoms with van der Waals surface area (Å²) in [5, 5.41) is 0. The molecule has 2 aliphatic carbocycles. The molecule has 0 spiro atoms. The van der Waals surface area contributed by atoms with Crippen LogP contribution in [0.2, 0.25) is 0 Å². The minimum atomic E-state index is -2.88. The maximum atomic E-state index is 13.8. The number of rotatable bonds is 6. The summed E-state index contributed by atoms with van der Waals surface area (Å²) in [5.41, 5.74) is 4.19. The zero-order valence-electron chi connectivity index (χ0n) is 25.6. The van der Waals surface area contributed by atoms with Gasteiger partial charge in [0.15, 0.2) is 0 Å². The average molecular weight is 818 g/mol. The lowest BCUT2D eigenvalue weighted by Crippen LogP contribution is -2.13. The fourth-order valence-electron chi connectivity index (χ4n) is 8.03. The van der Waals surface area contributed by atoms with E-state index in [0.29, 0.717) is 54.8 Å². The smallest absolute Gasteiger partial charge is 0.387 e. The molecule has 6 aromatic rings. The van der Waals surface area contributed by atoms with Gasteiger partial charge in [-0.05, 0) is 80.8 Å². The molecule has 2 fully saturated rings. The summed E-state index contributed by atoms with van der Waals surface area (Å²) in [7, 11) is 0. The Morgan fingerprint density at radius 2 is 1.02 bits per heavy atom. The van der Waals surface area contributed by atoms with E-state index in [0.717, 1.165) is 35.5 Å². The number of ether oxygens (including phenoxy) is 2. The van der Waals surface area contributed by atoms with E-state index in [1.54, 1.807) is 36.4 Å². The van der Waals surface area contributed by atoms with Crippen LogP contribution in [0.15, 0.2) is 81.7 Å². The van der Waals surface area contributed by atoms with Gasteiger partial charge >= 0.3 is 13.2 Å². The summed E-state index contributed by atoms with van der Waals surface area (Å²) in [6.45, 7) is -5.75. The molecule has 50 heavy (non-hydrogen) atoms. The number of imidazole rings is 2. The van der Waals surface area contributed by atoms with E-state index >= 15 is 0 Å². The molecule has 0 saturated heterocycles. The van der Waals surface area contributed by atoms with Crippen LogP contribution in [-0.2, 0) is 0 Å². The summed E-state index contributed by atoms with van der Waals surface area (Å²) in [6, 6.07) is 19.7. The fourth-order valence-corrected chi connectivity index (χ4v) is 8.69. The van der Waals surface area contributed by atoms with E-state index in [4.69, 9.17) is 9.47 Å². The van der Waals surface area contributed by atoms with E-state index in [2.05, 4.69) is 41.8 Å². The molecule has 256 valence electrons. The predicted molar refractivity (Wildman–Crippen MR) is 179 cm³/mol. The summed E-state index contributed by atoms with van der Waals surface area (Å²) < 4.78 is 93.1. The maximum Gasteiger partial charge on any atom is 0.387 e. The molecule has 0 bridgehead atoms. The van der Waals surface area contributed by atoms with E-state index < -0.39 is 13.2 Å². The first-order valence-corrected chi connectivity index (χ1v) is 17.5. The molecule has 6 nitrogen and oxygen atoms in total. The molecule has 6 atom stereocenters. The van der Waals surface area contributed by atoms with Gasteiger partial charge in [0.1, 0.15) is 34.8 Å². The third-order valence-corrected chi connectivity index (χ3v) is 11.4. The average Bonchev–Trinajstić information content (AvgIpc) is 3.91. The summed E-state index contributed by atoms with van der Waals surface area (Å²) in [5.74, 6) is 2.65. The van der Waals surface area contributed by atoms with Crippen LogP contribution in [0.5, 0.6) is 11.5 Å². The Balaban J connectivity index is 0.000000135. The third kappa shape index (κ3) is 5.11. The highest BCUT2D eigenvalue weighted by Crippen LogP contribution is 2.64. The van der Waals surface area contributed by atoms with Gasteiger partial charge in [0.25, 0.3) is 0 Å². The lowest BCUT2D eigenvalue weighted by molar-refractivity contribution is -0.0514. The molecule has 0 amide bonds. The van der Waals surface area contributed by atoms with Crippen LogP contribution in [-0.4, -0.2) is 32.3 Å². The lowest BCUT2D eigenvalue weighted by atomic mass is 10.0. The third-order valence-electron chi connectivity index (χ3n) is 10.1. The molecule has 10 rings (SSSR count). The molecule has 0 N–H and O–H groups in total. The normalized spacial score (nSPS) is 23.8. The molecule has 2 saturated carbocycles. The molecular formula is C36H24Br2F6N4O2. The Kier molecular flexibility index (Phi) is 7.50. The molecule has 0 unspecified atom stereocenters. The number of aromatic nitrogens is 4. The van der Waals surface area contributed by atoms with Crippen molar-refractivity contribution in [2.24, 2.45) is 11.8 Å². The zero-order valence-corrected chi connectivity index (χ0v) is 28.8. The van der Waals surface area contributed by atoms with Gasteiger partial charge in [-0.1, -0.05) is 36.4 Å². The van der Waals surface area contributed by atoms with Crippen LogP contribution < -0.4 is 9.47 Å². The second-order valence-electron chi connectivity index (χ2n) is 12.9. The van der Waals surface area contributed by atoms with Crippen molar-refractivity contribution in [2.45, 2.75) is 50.0 Å². The van der Waals surface area contributed by atoms with E-state index in [9.17, 15) is 26.3 Å². The van der Waals surface area contributed by atoms with Crippen molar-refractivity contribution in [2.75, 3.05) is 0 Å². The zero-order chi connectivity index (χ0) is 34.6. The SMILES string of the molecule is Fc1cc2nc3n(c2cc1Br)[C@@H](c1ccccc1OC(F)F)[C@@H]1C[C@H]31.Fc1cc2nc3n(c2cc1Br)[C@@H](c1ccccc1OC(F)F)[C@H]1C[C@@H]31. The van der Waals surface area contributed by atoms with Gasteiger partial charge in [-0.2, -0.15) is 17.6 Å². The summed E-state index contributed by atoms with van der Waals surface area (Å²) >= 11 is 6.44. The first kappa shape index (κ1) is 31.9. The van der Waals surface area contributed by atoms with Crippen LogP contribution in [0.4, 0.5) is 26.3 Å². The van der Waals surface area contributed by atoms with E-state index in [1.165, 1.54) is 12.1 Å². The van der Waals surface area contributed by atoms with Crippen molar-refractivity contribution in [1.82, 2.24) is 19.1 Å². The van der Waals surface area contributed by atoms with Crippen molar-refractivity contribution in [3.05, 3.63) is 116 Å². The van der Waals surface area contributed by atoms with Gasteiger partial charge < -0.3 is 18.6 Å². The molecular weight excluding hydrogens is 794 g/mol. The van der Waals surface area contributed by atoms with Gasteiger partial charge in [-0.3, -0.25) is 0 Å². The van der Waals surface area contributed by atoms with Crippen molar-refractivity contribution in [3.8, 4) is 11.5 Å². The number of hydrogen-bond acceptors (Lipinski definition) is 4. The van der Waals surface area contributed by atoms with Crippen LogP contribution in [0.1, 0.15) is 59.5 Å². The Morgan fingerprint density at radius 3 is 1.42 bits per heavy atom. The molecule has 14 heteroatoms. The first-order chi connectivity index (χ1) is 24.1. The highest BCUT2D eigenvalue weighted by atomic mass is 79.9. The topological polar surface area (TPSA) is 54.1 Å². The molecule has 4 aromatic carbocycles. The first-order valence-electron chi connectivity index (χ1n) is 15.9. The molecule has 2 aromatic heterocycles. The standard InChI is InChI=1S/2C18H12BrF3N2O/c2*19-11-6-14-13(7-12(11)20)23-17-10-5-9(10)16(24(14)17)8-3-1-2-4-15(8)25-18(21)22/h2*1-4,6-7,9-10,16,18H,5H2/t9-,10+,16+;9-,10+,16-/m10/s1. The van der Waals surface area contributed by atoms with Gasteiger partial charge in [-0.15, -0.1) is 0 Å². The number of para-hydroxylation sites is 2. The summed E-state index contributed by atoms with van der Waals surface area (Å²) in [4.78, 5) is 9.19. The van der Waals surface area contributed by atoms with Crippen LogP contribution >= 0.6 is 31.9 Å². The summed E-state index contributed by atoms with van der Waals surface area (Å²) in [6.07, 6.45) is 1.92. The van der Waals surface area contributed by atoms with Crippen LogP contribution in [0.3, 0.4) is 0 Å². The second-order valence-corrected chi connectivity index (χ2v) is 14.6. The number of hydrogen-bond donors (Lipinski definition) is 0. The Labute approximate surface area is 297 Å². The monoisotopic (exact) mass is 816 g/mol. The highest BCUT2D eigenvalue weighted by Gasteiger charge is 2.56. The maximum absolute atomic E-state index is 13.8. The molecule has 4 heterocycles. The van der Waals surface area contributed by atoms with Crippen molar-refractivity contribution in [1.29, 1.82) is 0 Å². The Bertz CT molecular complexity index is 2170. The predicted octanol–water partition coefficient (Wildman–Crippen LogP) is 10.5. The minimum absolute atomic E-state index is 0.127. The molecule has 4 aliphatic rings. The molecule has 0 radical (unpaired) electrons. The lowest BCUT2D eigenvalue weighted by Gasteiger charge is -2.21. The Hall–Kier alpha value is -4.04. The Morgan fingerprint density at radius 1 is 0.620 bits per heavy atom. The van der Waals surface area contributed by atoms with Crippen molar-refractivity contribution < 1.29 is 35.8 Å². The van der Waals surface area contributed by atoms with Gasteiger partial charge in [0.2, 0.25) is 0 Å².